The maximum Gasteiger partial charge on any atom is 0.573 e. The number of methoxy groups -OCH3 is 1. The largest absolute Gasteiger partial charge is 0.573 e. The highest BCUT2D eigenvalue weighted by Gasteiger charge is 2.33. The minimum Gasteiger partial charge on any atom is -0.464 e. The molecule has 7 nitrogen and oxygen atoms in total. The Kier molecular flexibility index (Phi) is 8.32. The zero-order valence-electron chi connectivity index (χ0n) is 17.9. The zero-order valence-corrected chi connectivity index (χ0v) is 17.9. The van der Waals surface area contributed by atoms with E-state index in [2.05, 4.69) is 15.0 Å². The monoisotopic (exact) mass is 474 g/mol. The fourth-order valence-electron chi connectivity index (χ4n) is 2.85. The SMILES string of the molecule is CO/N=C(/C(=O)OC)c1cccc(C)c1CO/N=C(\C)c1c(F)cc(F)cc1OC(F)(F)F. The highest BCUT2D eigenvalue weighted by Crippen LogP contribution is 2.30. The second kappa shape index (κ2) is 10.7. The van der Waals surface area contributed by atoms with Crippen molar-refractivity contribution >= 4 is 17.4 Å². The summed E-state index contributed by atoms with van der Waals surface area (Å²) in [4.78, 5) is 22.0. The van der Waals surface area contributed by atoms with Gasteiger partial charge in [-0.3, -0.25) is 0 Å². The van der Waals surface area contributed by atoms with Crippen molar-refractivity contribution in [2.75, 3.05) is 14.2 Å². The second-order valence-corrected chi connectivity index (χ2v) is 6.47. The number of benzene rings is 2. The van der Waals surface area contributed by atoms with Gasteiger partial charge in [0.25, 0.3) is 0 Å². The van der Waals surface area contributed by atoms with Crippen LogP contribution >= 0.6 is 0 Å². The molecule has 2 rings (SSSR count). The Morgan fingerprint density at radius 1 is 1.09 bits per heavy atom. The normalized spacial score (nSPS) is 12.4. The summed E-state index contributed by atoms with van der Waals surface area (Å²) in [6.45, 7) is 2.58. The standard InChI is InChI=1S/C21H19F5N2O5/c1-11-6-5-7-14(19(28-31-4)20(29)30-3)15(11)10-32-27-12(2)18-16(23)8-13(22)9-17(18)33-21(24,25)26/h5-9H,10H2,1-4H3/b27-12+,28-19+. The number of oxime groups is 2. The maximum absolute atomic E-state index is 14.2. The number of carbonyl (C=O) groups is 1. The summed E-state index contributed by atoms with van der Waals surface area (Å²) in [5.74, 6) is -4.48. The zero-order chi connectivity index (χ0) is 24.8. The van der Waals surface area contributed by atoms with Crippen LogP contribution in [0.4, 0.5) is 22.0 Å². The molecule has 178 valence electrons. The van der Waals surface area contributed by atoms with Gasteiger partial charge in [-0.15, -0.1) is 13.2 Å². The molecular weight excluding hydrogens is 455 g/mol. The van der Waals surface area contributed by atoms with Gasteiger partial charge in [-0.2, -0.15) is 0 Å². The van der Waals surface area contributed by atoms with Crippen molar-refractivity contribution in [3.8, 4) is 5.75 Å². The third-order valence-electron chi connectivity index (χ3n) is 4.24. The molecule has 0 amide bonds. The number of halogens is 5. The highest BCUT2D eigenvalue weighted by molar-refractivity contribution is 6.43. The number of nitrogens with zero attached hydrogens (tertiary/aromatic N) is 2. The molecule has 0 heterocycles. The predicted molar refractivity (Wildman–Crippen MR) is 107 cm³/mol. The van der Waals surface area contributed by atoms with E-state index in [4.69, 9.17) is 14.4 Å². The van der Waals surface area contributed by atoms with E-state index in [1.165, 1.54) is 7.11 Å². The van der Waals surface area contributed by atoms with Gasteiger partial charge in [0.1, 0.15) is 31.1 Å². The summed E-state index contributed by atoms with van der Waals surface area (Å²) in [5.41, 5.74) is 0.151. The fourth-order valence-corrected chi connectivity index (χ4v) is 2.85. The van der Waals surface area contributed by atoms with Gasteiger partial charge in [0.2, 0.25) is 0 Å². The van der Waals surface area contributed by atoms with Gasteiger partial charge in [0.15, 0.2) is 5.71 Å². The molecule has 0 aliphatic rings. The molecule has 0 spiro atoms. The summed E-state index contributed by atoms with van der Waals surface area (Å²) < 4.78 is 74.0. The molecule has 0 aliphatic carbocycles. The molecule has 33 heavy (non-hydrogen) atoms. The Balaban J connectivity index is 2.39. The van der Waals surface area contributed by atoms with Gasteiger partial charge >= 0.3 is 12.3 Å². The fraction of sp³-hybridized carbons (Fsp3) is 0.286. The first kappa shape index (κ1) is 25.6. The number of ether oxygens (including phenoxy) is 2. The molecule has 0 fully saturated rings. The van der Waals surface area contributed by atoms with Crippen LogP contribution in [0.15, 0.2) is 40.6 Å². The van der Waals surface area contributed by atoms with E-state index in [1.54, 1.807) is 25.1 Å². The van der Waals surface area contributed by atoms with Crippen molar-refractivity contribution in [1.82, 2.24) is 0 Å². The first-order valence-corrected chi connectivity index (χ1v) is 9.18. The molecule has 0 N–H and O–H groups in total. The van der Waals surface area contributed by atoms with Crippen LogP contribution in [-0.4, -0.2) is 38.0 Å². The van der Waals surface area contributed by atoms with Crippen molar-refractivity contribution < 1.29 is 45.9 Å². The van der Waals surface area contributed by atoms with Gasteiger partial charge in [0.05, 0.1) is 18.4 Å². The Labute approximate surface area is 185 Å². The molecule has 12 heteroatoms. The van der Waals surface area contributed by atoms with E-state index in [-0.39, 0.29) is 18.0 Å². The van der Waals surface area contributed by atoms with Gasteiger partial charge in [-0.1, -0.05) is 28.5 Å². The lowest BCUT2D eigenvalue weighted by Crippen LogP contribution is -2.20. The number of alkyl halides is 3. The first-order chi connectivity index (χ1) is 15.5. The van der Waals surface area contributed by atoms with Crippen LogP contribution in [0, 0.1) is 18.6 Å². The van der Waals surface area contributed by atoms with Crippen molar-refractivity contribution in [3.05, 3.63) is 64.2 Å². The van der Waals surface area contributed by atoms with Crippen LogP contribution in [0.1, 0.15) is 29.2 Å². The van der Waals surface area contributed by atoms with Crippen molar-refractivity contribution in [3.63, 3.8) is 0 Å². The molecule has 0 saturated heterocycles. The average molecular weight is 474 g/mol. The number of hydrogen-bond donors (Lipinski definition) is 0. The summed E-state index contributed by atoms with van der Waals surface area (Å²) >= 11 is 0. The minimum atomic E-state index is -5.18. The number of carbonyl (C=O) groups excluding carboxylic acids is 1. The molecule has 2 aromatic carbocycles. The van der Waals surface area contributed by atoms with Crippen LogP contribution in [0.3, 0.4) is 0 Å². The van der Waals surface area contributed by atoms with Crippen molar-refractivity contribution in [2.24, 2.45) is 10.3 Å². The van der Waals surface area contributed by atoms with Crippen LogP contribution in [0.2, 0.25) is 0 Å². The van der Waals surface area contributed by atoms with Gasteiger partial charge in [-0.05, 0) is 19.4 Å². The minimum absolute atomic E-state index is 0.159. The van der Waals surface area contributed by atoms with E-state index in [9.17, 15) is 26.7 Å². The Bertz CT molecular complexity index is 1080. The van der Waals surface area contributed by atoms with Gasteiger partial charge in [-0.25, -0.2) is 13.6 Å². The van der Waals surface area contributed by atoms with E-state index in [1.807, 2.05) is 0 Å². The van der Waals surface area contributed by atoms with E-state index < -0.39 is 35.3 Å². The number of rotatable bonds is 8. The average Bonchev–Trinajstić information content (AvgIpc) is 2.71. The van der Waals surface area contributed by atoms with Crippen LogP contribution in [0.5, 0.6) is 5.75 Å². The lowest BCUT2D eigenvalue weighted by Gasteiger charge is -2.15. The number of aryl methyl sites for hydroxylation is 1. The van der Waals surface area contributed by atoms with Crippen LogP contribution < -0.4 is 4.74 Å². The lowest BCUT2D eigenvalue weighted by atomic mass is 9.99. The molecule has 0 radical (unpaired) electrons. The van der Waals surface area contributed by atoms with Crippen LogP contribution in [-0.2, 0) is 25.8 Å². The molecule has 0 saturated carbocycles. The number of hydrogen-bond acceptors (Lipinski definition) is 7. The van der Waals surface area contributed by atoms with E-state index >= 15 is 0 Å². The molecule has 2 aromatic rings. The van der Waals surface area contributed by atoms with Crippen molar-refractivity contribution in [1.29, 1.82) is 0 Å². The Hall–Kier alpha value is -3.70. The molecular formula is C21H19F5N2O5. The highest BCUT2D eigenvalue weighted by atomic mass is 19.4. The third kappa shape index (κ3) is 6.64. The summed E-state index contributed by atoms with van der Waals surface area (Å²) in [5, 5.41) is 7.31. The second-order valence-electron chi connectivity index (χ2n) is 6.47. The molecule has 0 unspecified atom stereocenters. The molecule has 0 bridgehead atoms. The Morgan fingerprint density at radius 2 is 1.79 bits per heavy atom. The van der Waals surface area contributed by atoms with Gasteiger partial charge in [0, 0.05) is 23.3 Å². The quantitative estimate of drug-likeness (QED) is 0.241. The lowest BCUT2D eigenvalue weighted by molar-refractivity contribution is -0.274. The topological polar surface area (TPSA) is 78.7 Å². The van der Waals surface area contributed by atoms with Crippen LogP contribution in [0.25, 0.3) is 0 Å². The third-order valence-corrected chi connectivity index (χ3v) is 4.24. The van der Waals surface area contributed by atoms with Crippen molar-refractivity contribution in [2.45, 2.75) is 26.8 Å². The smallest absolute Gasteiger partial charge is 0.464 e. The summed E-state index contributed by atoms with van der Waals surface area (Å²) in [6, 6.07) is 5.67. The van der Waals surface area contributed by atoms with E-state index in [0.29, 0.717) is 28.8 Å². The maximum atomic E-state index is 14.2. The number of esters is 1. The summed E-state index contributed by atoms with van der Waals surface area (Å²) in [6.07, 6.45) is -5.18. The van der Waals surface area contributed by atoms with Gasteiger partial charge < -0.3 is 19.1 Å². The molecule has 0 aromatic heterocycles. The predicted octanol–water partition coefficient (Wildman–Crippen LogP) is 4.64. The molecule has 0 atom stereocenters. The summed E-state index contributed by atoms with van der Waals surface area (Å²) in [7, 11) is 2.39. The molecule has 0 aliphatic heterocycles. The van der Waals surface area contributed by atoms with E-state index in [0.717, 1.165) is 14.0 Å². The Morgan fingerprint density at radius 3 is 2.39 bits per heavy atom. The first-order valence-electron chi connectivity index (χ1n) is 9.18.